The number of nitrogens with zero attached hydrogens (tertiary/aromatic N) is 4. The maximum atomic E-state index is 11.9. The Morgan fingerprint density at radius 3 is 2.50 bits per heavy atom. The maximum Gasteiger partial charge on any atom is 0.240 e. The van der Waals surface area contributed by atoms with Crippen LogP contribution in [-0.2, 0) is 16.1 Å². The standard InChI is InChI=1S/C13H15N5O2/c1-8(2)13(9(3)19)17-12(20)6-18-7-16-10(4-14)11(18)5-15/h7-8,13H,6H2,1-3H3,(H,17,20). The Hall–Kier alpha value is -2.67. The van der Waals surface area contributed by atoms with Crippen molar-refractivity contribution in [3.05, 3.63) is 17.7 Å². The normalized spacial score (nSPS) is 11.5. The second kappa shape index (κ2) is 6.48. The molecule has 0 saturated carbocycles. The predicted octanol–water partition coefficient (Wildman–Crippen LogP) is 0.356. The Bertz CT molecular complexity index is 603. The summed E-state index contributed by atoms with van der Waals surface area (Å²) in [5.74, 6) is -0.557. The number of carbonyl (C=O) groups excluding carboxylic acids is 2. The topological polar surface area (TPSA) is 112 Å². The molecule has 1 amide bonds. The fourth-order valence-electron chi connectivity index (χ4n) is 1.81. The van der Waals surface area contributed by atoms with Crippen LogP contribution >= 0.6 is 0 Å². The van der Waals surface area contributed by atoms with Crippen molar-refractivity contribution >= 4 is 11.7 Å². The van der Waals surface area contributed by atoms with Crippen LogP contribution in [0, 0.1) is 28.6 Å². The second-order valence-corrected chi connectivity index (χ2v) is 4.69. The van der Waals surface area contributed by atoms with Crippen LogP contribution in [0.4, 0.5) is 0 Å². The summed E-state index contributed by atoms with van der Waals surface area (Å²) in [5, 5.41) is 20.3. The third-order valence-electron chi connectivity index (χ3n) is 2.78. The molecule has 1 atom stereocenters. The fraction of sp³-hybridized carbons (Fsp3) is 0.462. The minimum absolute atomic E-state index is 0.0210. The van der Waals surface area contributed by atoms with Crippen LogP contribution in [0.15, 0.2) is 6.33 Å². The van der Waals surface area contributed by atoms with Crippen LogP contribution in [0.5, 0.6) is 0 Å². The molecule has 1 heterocycles. The molecular weight excluding hydrogens is 258 g/mol. The van der Waals surface area contributed by atoms with E-state index in [0.717, 1.165) is 0 Å². The van der Waals surface area contributed by atoms with Crippen LogP contribution in [0.3, 0.4) is 0 Å². The molecule has 0 aromatic carbocycles. The molecule has 1 rings (SSSR count). The van der Waals surface area contributed by atoms with E-state index < -0.39 is 11.9 Å². The van der Waals surface area contributed by atoms with E-state index in [1.54, 1.807) is 6.07 Å². The number of Topliss-reactive ketones (excluding diaryl/α,β-unsaturated/α-hetero) is 1. The smallest absolute Gasteiger partial charge is 0.240 e. The SMILES string of the molecule is CC(=O)C(NC(=O)Cn1cnc(C#N)c1C#N)C(C)C. The molecule has 0 bridgehead atoms. The molecule has 1 unspecified atom stereocenters. The summed E-state index contributed by atoms with van der Waals surface area (Å²) in [6, 6.07) is 3.04. The van der Waals surface area contributed by atoms with Gasteiger partial charge in [-0.15, -0.1) is 0 Å². The highest BCUT2D eigenvalue weighted by Gasteiger charge is 2.21. The van der Waals surface area contributed by atoms with Crippen molar-refractivity contribution in [1.29, 1.82) is 10.5 Å². The van der Waals surface area contributed by atoms with Gasteiger partial charge < -0.3 is 9.88 Å². The number of amides is 1. The Labute approximate surface area is 116 Å². The van der Waals surface area contributed by atoms with Crippen molar-refractivity contribution in [3.8, 4) is 12.1 Å². The summed E-state index contributed by atoms with van der Waals surface area (Å²) in [6.07, 6.45) is 1.26. The Morgan fingerprint density at radius 1 is 1.40 bits per heavy atom. The van der Waals surface area contributed by atoms with E-state index in [0.29, 0.717) is 0 Å². The molecule has 0 aliphatic heterocycles. The van der Waals surface area contributed by atoms with Crippen molar-refractivity contribution in [2.24, 2.45) is 5.92 Å². The molecule has 1 N–H and O–H groups in total. The largest absolute Gasteiger partial charge is 0.344 e. The lowest BCUT2D eigenvalue weighted by molar-refractivity contribution is -0.128. The quantitative estimate of drug-likeness (QED) is 0.832. The van der Waals surface area contributed by atoms with E-state index in [1.165, 1.54) is 17.8 Å². The Balaban J connectivity index is 2.82. The summed E-state index contributed by atoms with van der Waals surface area (Å²) in [5.41, 5.74) is 0.0128. The van der Waals surface area contributed by atoms with Crippen molar-refractivity contribution in [1.82, 2.24) is 14.9 Å². The molecular formula is C13H15N5O2. The fourth-order valence-corrected chi connectivity index (χ4v) is 1.81. The lowest BCUT2D eigenvalue weighted by Gasteiger charge is -2.19. The van der Waals surface area contributed by atoms with Gasteiger partial charge in [0.25, 0.3) is 0 Å². The van der Waals surface area contributed by atoms with Gasteiger partial charge in [0.2, 0.25) is 5.91 Å². The van der Waals surface area contributed by atoms with Gasteiger partial charge in [-0.3, -0.25) is 9.59 Å². The first-order valence-electron chi connectivity index (χ1n) is 6.05. The summed E-state index contributed by atoms with van der Waals surface area (Å²) in [7, 11) is 0. The first-order chi connectivity index (χ1) is 9.40. The molecule has 0 aliphatic carbocycles. The Morgan fingerprint density at radius 2 is 2.05 bits per heavy atom. The van der Waals surface area contributed by atoms with Crippen LogP contribution < -0.4 is 5.32 Å². The number of imidazole rings is 1. The summed E-state index contributed by atoms with van der Waals surface area (Å²) in [4.78, 5) is 27.1. The molecule has 0 saturated heterocycles. The number of hydrogen-bond acceptors (Lipinski definition) is 5. The average Bonchev–Trinajstić information content (AvgIpc) is 2.76. The van der Waals surface area contributed by atoms with Crippen LogP contribution in [0.1, 0.15) is 32.2 Å². The van der Waals surface area contributed by atoms with Crippen molar-refractivity contribution < 1.29 is 9.59 Å². The first-order valence-corrected chi connectivity index (χ1v) is 6.05. The molecule has 7 nitrogen and oxygen atoms in total. The molecule has 7 heteroatoms. The van der Waals surface area contributed by atoms with Crippen molar-refractivity contribution in [2.75, 3.05) is 0 Å². The van der Waals surface area contributed by atoms with Gasteiger partial charge in [-0.05, 0) is 12.8 Å². The molecule has 104 valence electrons. The lowest BCUT2D eigenvalue weighted by Crippen LogP contribution is -2.44. The summed E-state index contributed by atoms with van der Waals surface area (Å²) >= 11 is 0. The lowest BCUT2D eigenvalue weighted by atomic mass is 10.0. The van der Waals surface area contributed by atoms with Crippen molar-refractivity contribution in [2.45, 2.75) is 33.4 Å². The van der Waals surface area contributed by atoms with E-state index in [1.807, 2.05) is 19.9 Å². The average molecular weight is 273 g/mol. The maximum absolute atomic E-state index is 11.9. The highest BCUT2D eigenvalue weighted by atomic mass is 16.2. The third-order valence-corrected chi connectivity index (χ3v) is 2.78. The van der Waals surface area contributed by atoms with Crippen LogP contribution in [-0.4, -0.2) is 27.3 Å². The van der Waals surface area contributed by atoms with Gasteiger partial charge in [0.15, 0.2) is 17.2 Å². The number of hydrogen-bond donors (Lipinski definition) is 1. The summed E-state index contributed by atoms with van der Waals surface area (Å²) < 4.78 is 1.28. The zero-order valence-corrected chi connectivity index (χ0v) is 11.5. The number of ketones is 1. The second-order valence-electron chi connectivity index (χ2n) is 4.69. The monoisotopic (exact) mass is 273 g/mol. The van der Waals surface area contributed by atoms with Crippen molar-refractivity contribution in [3.63, 3.8) is 0 Å². The van der Waals surface area contributed by atoms with Gasteiger partial charge in [-0.1, -0.05) is 13.8 Å². The minimum Gasteiger partial charge on any atom is -0.344 e. The zero-order chi connectivity index (χ0) is 15.3. The molecule has 1 aromatic heterocycles. The van der Waals surface area contributed by atoms with Crippen LogP contribution in [0.25, 0.3) is 0 Å². The zero-order valence-electron chi connectivity index (χ0n) is 11.5. The minimum atomic E-state index is -0.563. The molecule has 20 heavy (non-hydrogen) atoms. The van der Waals surface area contributed by atoms with Gasteiger partial charge in [-0.25, -0.2) is 4.98 Å². The van der Waals surface area contributed by atoms with Gasteiger partial charge >= 0.3 is 0 Å². The van der Waals surface area contributed by atoms with E-state index in [4.69, 9.17) is 10.5 Å². The van der Waals surface area contributed by atoms with E-state index in [-0.39, 0.29) is 29.6 Å². The van der Waals surface area contributed by atoms with Gasteiger partial charge in [0.1, 0.15) is 18.7 Å². The number of rotatable bonds is 5. The van der Waals surface area contributed by atoms with Gasteiger partial charge in [0, 0.05) is 0 Å². The Kier molecular flexibility index (Phi) is 4.99. The van der Waals surface area contributed by atoms with E-state index >= 15 is 0 Å². The molecule has 0 fully saturated rings. The highest BCUT2D eigenvalue weighted by molar-refractivity contribution is 5.87. The van der Waals surface area contributed by atoms with Gasteiger partial charge in [-0.2, -0.15) is 10.5 Å². The first kappa shape index (κ1) is 15.4. The number of nitriles is 2. The predicted molar refractivity (Wildman–Crippen MR) is 69.1 cm³/mol. The molecule has 0 spiro atoms. The summed E-state index contributed by atoms with van der Waals surface area (Å²) in [6.45, 7) is 4.92. The van der Waals surface area contributed by atoms with Crippen LogP contribution in [0.2, 0.25) is 0 Å². The molecule has 0 aliphatic rings. The number of aromatic nitrogens is 2. The molecule has 1 aromatic rings. The number of nitrogens with one attached hydrogen (secondary N) is 1. The van der Waals surface area contributed by atoms with E-state index in [2.05, 4.69) is 10.3 Å². The molecule has 0 radical (unpaired) electrons. The number of carbonyl (C=O) groups is 2. The third kappa shape index (κ3) is 3.42. The highest BCUT2D eigenvalue weighted by Crippen LogP contribution is 2.06. The van der Waals surface area contributed by atoms with E-state index in [9.17, 15) is 9.59 Å². The van der Waals surface area contributed by atoms with Gasteiger partial charge in [0.05, 0.1) is 12.4 Å².